The summed E-state index contributed by atoms with van der Waals surface area (Å²) < 4.78 is 0. The van der Waals surface area contributed by atoms with Crippen molar-refractivity contribution in [2.45, 2.75) is 76.2 Å². The van der Waals surface area contributed by atoms with Crippen molar-refractivity contribution in [1.82, 2.24) is 0 Å². The standard InChI is InChI=1S/C11H18.2C2H6.2CH4/c1-5-8-11(9-6-2)10(4)7-3;2*1-2;;/h5,7-8H,3,6,9H2,1-2,4H3;2*1-2H3;2*1H4/b8-5-,11-10+;;;;. The van der Waals surface area contributed by atoms with Crippen molar-refractivity contribution in [3.05, 3.63) is 36.0 Å². The third-order valence-corrected chi connectivity index (χ3v) is 1.70. The number of hydrogen-bond acceptors (Lipinski definition) is 0. The first-order valence-electron chi connectivity index (χ1n) is 6.21. The summed E-state index contributed by atoms with van der Waals surface area (Å²) in [6, 6.07) is 0. The molecule has 0 aliphatic carbocycles. The second-order valence-corrected chi connectivity index (χ2v) is 2.66. The Morgan fingerprint density at radius 3 is 1.71 bits per heavy atom. The van der Waals surface area contributed by atoms with Crippen LogP contribution in [-0.2, 0) is 0 Å². The van der Waals surface area contributed by atoms with Crippen LogP contribution in [0, 0.1) is 0 Å². The van der Waals surface area contributed by atoms with Crippen LogP contribution in [0.3, 0.4) is 0 Å². The quantitative estimate of drug-likeness (QED) is 0.458. The van der Waals surface area contributed by atoms with Crippen molar-refractivity contribution in [2.24, 2.45) is 0 Å². The second kappa shape index (κ2) is 29.5. The summed E-state index contributed by atoms with van der Waals surface area (Å²) in [7, 11) is 0. The molecule has 0 N–H and O–H groups in total. The molecule has 0 spiro atoms. The highest BCUT2D eigenvalue weighted by molar-refractivity contribution is 5.30. The fourth-order valence-corrected chi connectivity index (χ4v) is 1.01. The molecule has 0 rings (SSSR count). The van der Waals surface area contributed by atoms with Crippen LogP contribution in [0.25, 0.3) is 0 Å². The van der Waals surface area contributed by atoms with Crippen molar-refractivity contribution in [3.8, 4) is 0 Å². The Kier molecular flexibility index (Phi) is 51.7. The van der Waals surface area contributed by atoms with Crippen molar-refractivity contribution < 1.29 is 0 Å². The van der Waals surface area contributed by atoms with E-state index >= 15 is 0 Å². The van der Waals surface area contributed by atoms with E-state index in [0.29, 0.717) is 0 Å². The van der Waals surface area contributed by atoms with Gasteiger partial charge in [0, 0.05) is 0 Å². The monoisotopic (exact) mass is 242 g/mol. The molecule has 17 heavy (non-hydrogen) atoms. The lowest BCUT2D eigenvalue weighted by molar-refractivity contribution is 0.917. The molecule has 0 aromatic rings. The molecular formula is C17H38. The molecule has 0 aliphatic rings. The largest absolute Gasteiger partial charge is 0.0988 e. The van der Waals surface area contributed by atoms with Gasteiger partial charge in [0.25, 0.3) is 0 Å². The highest BCUT2D eigenvalue weighted by Gasteiger charge is 1.92. The van der Waals surface area contributed by atoms with Gasteiger partial charge in [-0.1, -0.05) is 80.7 Å². The first kappa shape index (κ1) is 29.8. The van der Waals surface area contributed by atoms with Gasteiger partial charge in [0.2, 0.25) is 0 Å². The van der Waals surface area contributed by atoms with Crippen LogP contribution in [-0.4, -0.2) is 0 Å². The zero-order chi connectivity index (χ0) is 12.7. The molecule has 0 unspecified atom stereocenters. The summed E-state index contributed by atoms with van der Waals surface area (Å²) in [5.41, 5.74) is 2.70. The van der Waals surface area contributed by atoms with Gasteiger partial charge in [-0.15, -0.1) is 0 Å². The first-order valence-corrected chi connectivity index (χ1v) is 6.21. The second-order valence-electron chi connectivity index (χ2n) is 2.66. The summed E-state index contributed by atoms with van der Waals surface area (Å²) in [5, 5.41) is 0. The number of hydrogen-bond donors (Lipinski definition) is 0. The van der Waals surface area contributed by atoms with E-state index in [0.717, 1.165) is 6.42 Å². The van der Waals surface area contributed by atoms with Crippen LogP contribution in [0.15, 0.2) is 36.0 Å². The van der Waals surface area contributed by atoms with Crippen LogP contribution in [0.2, 0.25) is 0 Å². The van der Waals surface area contributed by atoms with Gasteiger partial charge in [-0.3, -0.25) is 0 Å². The van der Waals surface area contributed by atoms with Gasteiger partial charge in [-0.25, -0.2) is 0 Å². The molecule has 0 saturated heterocycles. The summed E-state index contributed by atoms with van der Waals surface area (Å²) in [6.07, 6.45) is 8.52. The van der Waals surface area contributed by atoms with E-state index in [1.807, 2.05) is 40.7 Å². The lowest BCUT2D eigenvalue weighted by Crippen LogP contribution is -1.81. The molecule has 0 heteroatoms. The lowest BCUT2D eigenvalue weighted by atomic mass is 10.0. The van der Waals surface area contributed by atoms with Crippen LogP contribution in [0.5, 0.6) is 0 Å². The Balaban J connectivity index is -0.0000000720. The maximum Gasteiger partial charge on any atom is -0.0279 e. The van der Waals surface area contributed by atoms with E-state index < -0.39 is 0 Å². The fourth-order valence-electron chi connectivity index (χ4n) is 1.01. The third kappa shape index (κ3) is 21.1. The Bertz CT molecular complexity index is 170. The predicted molar refractivity (Wildman–Crippen MR) is 88.8 cm³/mol. The summed E-state index contributed by atoms with van der Waals surface area (Å²) >= 11 is 0. The molecule has 106 valence electrons. The average Bonchev–Trinajstić information content (AvgIpc) is 2.33. The molecule has 0 aromatic heterocycles. The molecule has 0 atom stereocenters. The Labute approximate surface area is 113 Å². The average molecular weight is 242 g/mol. The highest BCUT2D eigenvalue weighted by Crippen LogP contribution is 2.12. The van der Waals surface area contributed by atoms with E-state index in [4.69, 9.17) is 0 Å². The Hall–Kier alpha value is -0.780. The van der Waals surface area contributed by atoms with Gasteiger partial charge in [0.1, 0.15) is 0 Å². The van der Waals surface area contributed by atoms with E-state index in [-0.39, 0.29) is 14.9 Å². The van der Waals surface area contributed by atoms with Gasteiger partial charge in [0.15, 0.2) is 0 Å². The fraction of sp³-hybridized carbons (Fsp3) is 0.647. The predicted octanol–water partition coefficient (Wildman–Crippen LogP) is 7.19. The summed E-state index contributed by atoms with van der Waals surface area (Å²) in [5.74, 6) is 0. The minimum atomic E-state index is 0. The summed E-state index contributed by atoms with van der Waals surface area (Å²) in [6.45, 7) is 18.1. The lowest BCUT2D eigenvalue weighted by Gasteiger charge is -2.01. The van der Waals surface area contributed by atoms with Crippen molar-refractivity contribution in [1.29, 1.82) is 0 Å². The Morgan fingerprint density at radius 1 is 1.06 bits per heavy atom. The molecule has 0 aromatic carbocycles. The van der Waals surface area contributed by atoms with E-state index in [9.17, 15) is 0 Å². The van der Waals surface area contributed by atoms with Crippen LogP contribution in [0.4, 0.5) is 0 Å². The molecule has 0 radical (unpaired) electrons. The van der Waals surface area contributed by atoms with Crippen molar-refractivity contribution in [2.75, 3.05) is 0 Å². The van der Waals surface area contributed by atoms with Gasteiger partial charge < -0.3 is 0 Å². The van der Waals surface area contributed by atoms with E-state index in [1.54, 1.807) is 0 Å². The minimum absolute atomic E-state index is 0. The Morgan fingerprint density at radius 2 is 1.47 bits per heavy atom. The van der Waals surface area contributed by atoms with Gasteiger partial charge in [-0.05, 0) is 31.4 Å². The van der Waals surface area contributed by atoms with Crippen molar-refractivity contribution in [3.63, 3.8) is 0 Å². The van der Waals surface area contributed by atoms with Gasteiger partial charge in [0.05, 0.1) is 0 Å². The molecular weight excluding hydrogens is 204 g/mol. The molecule has 0 bridgehead atoms. The normalized spacial score (nSPS) is 9.35. The van der Waals surface area contributed by atoms with E-state index in [2.05, 4.69) is 32.6 Å². The maximum absolute atomic E-state index is 3.75. The molecule has 0 heterocycles. The number of allylic oxidation sites excluding steroid dienone is 5. The summed E-state index contributed by atoms with van der Waals surface area (Å²) in [4.78, 5) is 0. The van der Waals surface area contributed by atoms with Crippen molar-refractivity contribution >= 4 is 0 Å². The number of rotatable bonds is 4. The minimum Gasteiger partial charge on any atom is -0.0988 e. The zero-order valence-corrected chi connectivity index (χ0v) is 11.9. The van der Waals surface area contributed by atoms with E-state index in [1.165, 1.54) is 17.6 Å². The smallest absolute Gasteiger partial charge is 0.0279 e. The topological polar surface area (TPSA) is 0 Å². The SMILES string of the molecule is C.C.C=C/C(C)=C(\C=C/C)CCC.CC.CC. The van der Waals surface area contributed by atoms with Gasteiger partial charge >= 0.3 is 0 Å². The zero-order valence-electron chi connectivity index (χ0n) is 11.9. The third-order valence-electron chi connectivity index (χ3n) is 1.70. The van der Waals surface area contributed by atoms with Crippen LogP contribution in [0.1, 0.15) is 76.2 Å². The highest BCUT2D eigenvalue weighted by atomic mass is 14.0. The molecule has 0 aliphatic heterocycles. The maximum atomic E-state index is 3.75. The molecule has 0 fully saturated rings. The molecule has 0 amide bonds. The first-order chi connectivity index (χ1) is 7.26. The van der Waals surface area contributed by atoms with Gasteiger partial charge in [-0.2, -0.15) is 0 Å². The molecule has 0 saturated carbocycles. The van der Waals surface area contributed by atoms with Crippen LogP contribution < -0.4 is 0 Å². The molecule has 0 nitrogen and oxygen atoms in total. The van der Waals surface area contributed by atoms with Crippen LogP contribution >= 0.6 is 0 Å².